The first-order valence-corrected chi connectivity index (χ1v) is 0. The molecule has 0 fully saturated rings. The molecule has 4 heteroatoms. The maximum atomic E-state index is 0. The molecular formula is CdCrFeNi. The molecule has 0 aliphatic heterocycles. The molecule has 0 atom stereocenters. The minimum absolute atomic E-state index is 0. The number of hydrogen-bond acceptors (Lipinski definition) is 0. The van der Waals surface area contributed by atoms with Gasteiger partial charge in [0.15, 0.2) is 0 Å². The van der Waals surface area contributed by atoms with Gasteiger partial charge >= 0.3 is 0 Å². The van der Waals surface area contributed by atoms with E-state index in [0.29, 0.717) is 0 Å². The molecule has 0 spiro atoms. The summed E-state index contributed by atoms with van der Waals surface area (Å²) in [6, 6.07) is 0. The molecule has 0 rings (SSSR count). The molecule has 0 saturated heterocycles. The molecule has 0 saturated carbocycles. The van der Waals surface area contributed by atoms with Gasteiger partial charge in [-0.15, -0.1) is 0 Å². The molecule has 0 aliphatic carbocycles. The maximum absolute atomic E-state index is 0. The van der Waals surface area contributed by atoms with Crippen LogP contribution in [-0.2, 0) is 78.2 Å². The zero-order valence-electron chi connectivity index (χ0n) is 1.79. The topological polar surface area (TPSA) is 0 Å². The molecule has 0 aromatic carbocycles. The Balaban J connectivity index is 0. The van der Waals surface area contributed by atoms with Gasteiger partial charge in [-0.05, 0) is 0 Å². The zero-order valence-corrected chi connectivity index (χ0v) is 9.19. The molecule has 0 aromatic heterocycles. The number of rotatable bonds is 0. The molecule has 0 heterocycles. The molecule has 0 aromatic rings. The SMILES string of the molecule is [Cd].[Cr].[Fe].[Ni]. The van der Waals surface area contributed by atoms with E-state index in [1.807, 2.05) is 0 Å². The average molecular weight is 279 g/mol. The zero-order chi connectivity index (χ0) is 0. The van der Waals surface area contributed by atoms with E-state index in [9.17, 15) is 0 Å². The fourth-order valence-electron chi connectivity index (χ4n) is 0. The largest absolute Gasteiger partial charge is 0 e. The molecule has 0 amide bonds. The molecule has 0 N–H and O–H groups in total. The Morgan fingerprint density at radius 1 is 1.00 bits per heavy atom. The summed E-state index contributed by atoms with van der Waals surface area (Å²) in [5.74, 6) is 0. The van der Waals surface area contributed by atoms with E-state index in [1.54, 1.807) is 0 Å². The summed E-state index contributed by atoms with van der Waals surface area (Å²) < 4.78 is 0. The van der Waals surface area contributed by atoms with Crippen LogP contribution in [0.5, 0.6) is 0 Å². The van der Waals surface area contributed by atoms with Crippen molar-refractivity contribution in [1.29, 1.82) is 0 Å². The standard InChI is InChI=1S/Cd.Cr.Fe.Ni. The minimum Gasteiger partial charge on any atom is 0 e. The monoisotopic (exact) mass is 280 g/mol. The third-order valence-corrected chi connectivity index (χ3v) is 0. The van der Waals surface area contributed by atoms with Crippen molar-refractivity contribution in [3.05, 3.63) is 0 Å². The van der Waals surface area contributed by atoms with Crippen molar-refractivity contribution in [1.82, 2.24) is 0 Å². The van der Waals surface area contributed by atoms with Gasteiger partial charge in [0.2, 0.25) is 0 Å². The van der Waals surface area contributed by atoms with Crippen LogP contribution in [0.15, 0.2) is 0 Å². The van der Waals surface area contributed by atoms with Crippen molar-refractivity contribution in [2.24, 2.45) is 0 Å². The first-order valence-electron chi connectivity index (χ1n) is 0. The van der Waals surface area contributed by atoms with E-state index in [2.05, 4.69) is 0 Å². The summed E-state index contributed by atoms with van der Waals surface area (Å²) in [5.41, 5.74) is 0. The Labute approximate surface area is 77.2 Å². The van der Waals surface area contributed by atoms with Gasteiger partial charge in [0.1, 0.15) is 0 Å². The molecule has 0 bridgehead atoms. The Morgan fingerprint density at radius 3 is 1.00 bits per heavy atom. The second-order valence-corrected chi connectivity index (χ2v) is 0. The van der Waals surface area contributed by atoms with E-state index >= 15 is 0 Å². The van der Waals surface area contributed by atoms with Crippen LogP contribution < -0.4 is 0 Å². The third kappa shape index (κ3) is 8.82. The van der Waals surface area contributed by atoms with Crippen molar-refractivity contribution in [2.45, 2.75) is 0 Å². The van der Waals surface area contributed by atoms with Crippen LogP contribution in [0.2, 0.25) is 0 Å². The van der Waals surface area contributed by atoms with Crippen molar-refractivity contribution in [2.75, 3.05) is 0 Å². The minimum atomic E-state index is 0. The van der Waals surface area contributed by atoms with Gasteiger partial charge in [0.25, 0.3) is 0 Å². The van der Waals surface area contributed by atoms with Crippen molar-refractivity contribution >= 4 is 0 Å². The Hall–Kier alpha value is 2.47. The van der Waals surface area contributed by atoms with E-state index in [-0.39, 0.29) is 78.2 Å². The summed E-state index contributed by atoms with van der Waals surface area (Å²) in [4.78, 5) is 0. The summed E-state index contributed by atoms with van der Waals surface area (Å²) in [7, 11) is 0. The van der Waals surface area contributed by atoms with Crippen LogP contribution in [0.4, 0.5) is 0 Å². The first-order chi connectivity index (χ1) is 0. The van der Waals surface area contributed by atoms with Crippen LogP contribution in [0, 0.1) is 0 Å². The molecular weight excluding hydrogens is 279 g/mol. The fraction of sp³-hybridized carbons (Fsp3) is 0. The summed E-state index contributed by atoms with van der Waals surface area (Å²) in [6.07, 6.45) is 0. The van der Waals surface area contributed by atoms with Gasteiger partial charge in [-0.1, -0.05) is 0 Å². The average Bonchev–Trinajstić information content (AvgIpc) is 0. The molecule has 0 radical (unpaired) electrons. The quantitative estimate of drug-likeness (QED) is 0.547. The second kappa shape index (κ2) is 17.9. The third-order valence-electron chi connectivity index (χ3n) is 0. The summed E-state index contributed by atoms with van der Waals surface area (Å²) >= 11 is 0. The van der Waals surface area contributed by atoms with Gasteiger partial charge in [0, 0.05) is 78.2 Å². The number of hydrogen-bond donors (Lipinski definition) is 0. The molecule has 0 aliphatic rings. The van der Waals surface area contributed by atoms with E-state index in [1.165, 1.54) is 0 Å². The fourth-order valence-corrected chi connectivity index (χ4v) is 0. The molecule has 0 unspecified atom stereocenters. The Morgan fingerprint density at radius 2 is 1.00 bits per heavy atom. The van der Waals surface area contributed by atoms with Gasteiger partial charge in [-0.2, -0.15) is 0 Å². The second-order valence-electron chi connectivity index (χ2n) is 0. The Bertz CT molecular complexity index is 8.00. The normalized spacial score (nSPS) is 0. The van der Waals surface area contributed by atoms with Gasteiger partial charge < -0.3 is 0 Å². The first kappa shape index (κ1) is 31.8. The van der Waals surface area contributed by atoms with Crippen LogP contribution in [-0.4, -0.2) is 0 Å². The van der Waals surface area contributed by atoms with Gasteiger partial charge in [-0.3, -0.25) is 0 Å². The van der Waals surface area contributed by atoms with Crippen molar-refractivity contribution in [3.63, 3.8) is 0 Å². The summed E-state index contributed by atoms with van der Waals surface area (Å²) in [5, 5.41) is 0. The van der Waals surface area contributed by atoms with Crippen LogP contribution in [0.1, 0.15) is 0 Å². The predicted octanol–water partition coefficient (Wildman–Crippen LogP) is -0.0100. The van der Waals surface area contributed by atoms with Crippen LogP contribution in [0.3, 0.4) is 0 Å². The van der Waals surface area contributed by atoms with Crippen molar-refractivity contribution in [3.8, 4) is 0 Å². The maximum Gasteiger partial charge on any atom is 0 e. The van der Waals surface area contributed by atoms with Crippen LogP contribution in [0.25, 0.3) is 0 Å². The smallest absolute Gasteiger partial charge is 0 e. The van der Waals surface area contributed by atoms with Gasteiger partial charge in [0.05, 0.1) is 0 Å². The van der Waals surface area contributed by atoms with E-state index < -0.39 is 0 Å². The molecule has 4 heavy (non-hydrogen) atoms. The van der Waals surface area contributed by atoms with Crippen molar-refractivity contribution < 1.29 is 78.2 Å². The molecule has 0 nitrogen and oxygen atoms in total. The predicted molar refractivity (Wildman–Crippen MR) is 0 cm³/mol. The van der Waals surface area contributed by atoms with E-state index in [0.717, 1.165) is 0 Å². The van der Waals surface area contributed by atoms with E-state index in [4.69, 9.17) is 0 Å². The Kier molecular flexibility index (Phi) is 142. The summed E-state index contributed by atoms with van der Waals surface area (Å²) in [6.45, 7) is 0. The van der Waals surface area contributed by atoms with Gasteiger partial charge in [-0.25, -0.2) is 0 Å². The van der Waals surface area contributed by atoms with Crippen LogP contribution >= 0.6 is 0 Å². The molecule has 26 valence electrons.